The number of hydrogen-bond donors (Lipinski definition) is 0. The Hall–Kier alpha value is -5.15. The number of para-hydroxylation sites is 4. The minimum Gasteiger partial charge on any atom is -0.309 e. The van der Waals surface area contributed by atoms with Crippen LogP contribution in [0.1, 0.15) is 31.9 Å². The van der Waals surface area contributed by atoms with E-state index in [9.17, 15) is 0 Å². The second kappa shape index (κ2) is 10.6. The fraction of sp³-hybridized carbons (Fsp3) is 0.125. The molecule has 5 aromatic carbocycles. The molecule has 3 heteroatoms. The van der Waals surface area contributed by atoms with Gasteiger partial charge in [-0.1, -0.05) is 106 Å². The minimum absolute atomic E-state index is 0.0147. The first-order valence-electron chi connectivity index (χ1n) is 14.9. The summed E-state index contributed by atoms with van der Waals surface area (Å²) < 4.78 is 0. The number of rotatable bonds is 2. The fourth-order valence-corrected chi connectivity index (χ4v) is 6.11. The summed E-state index contributed by atoms with van der Waals surface area (Å²) in [5, 5.41) is 0. The van der Waals surface area contributed by atoms with Crippen LogP contribution in [0.4, 0.5) is 34.3 Å². The quantitative estimate of drug-likeness (QED) is 0.211. The van der Waals surface area contributed by atoms with Gasteiger partial charge in [-0.15, -0.1) is 0 Å². The molecule has 2 heterocycles. The van der Waals surface area contributed by atoms with Crippen molar-refractivity contribution in [1.82, 2.24) is 4.98 Å². The Balaban J connectivity index is 1.64. The average Bonchev–Trinajstić information content (AvgIpc) is 3.03. The molecule has 3 nitrogen and oxygen atoms in total. The SMILES string of the molecule is Cc1ccc2c(c1)N(c1cc(C(C)(C)C)ccn1)c1ccccc1-c1ccccc1N(c1ccccc1)c1ccccc1-2. The average molecular weight is 558 g/mol. The smallest absolute Gasteiger partial charge is 0.137 e. The molecule has 0 N–H and O–H groups in total. The molecule has 0 aliphatic carbocycles. The van der Waals surface area contributed by atoms with Crippen molar-refractivity contribution in [3.8, 4) is 22.3 Å². The Kier molecular flexibility index (Phi) is 6.59. The van der Waals surface area contributed by atoms with E-state index >= 15 is 0 Å². The van der Waals surface area contributed by atoms with Crippen LogP contribution in [0.25, 0.3) is 22.3 Å². The molecule has 43 heavy (non-hydrogen) atoms. The van der Waals surface area contributed by atoms with Crippen LogP contribution in [0.2, 0.25) is 0 Å². The third-order valence-electron chi connectivity index (χ3n) is 8.26. The zero-order chi connectivity index (χ0) is 29.6. The summed E-state index contributed by atoms with van der Waals surface area (Å²) in [5.74, 6) is 0.905. The molecule has 0 saturated carbocycles. The first-order valence-corrected chi connectivity index (χ1v) is 14.9. The van der Waals surface area contributed by atoms with Crippen LogP contribution in [-0.4, -0.2) is 4.98 Å². The van der Waals surface area contributed by atoms with Crippen molar-refractivity contribution < 1.29 is 0 Å². The first kappa shape index (κ1) is 26.7. The highest BCUT2D eigenvalue weighted by atomic mass is 15.2. The lowest BCUT2D eigenvalue weighted by Gasteiger charge is -2.35. The molecule has 0 bridgehead atoms. The molecule has 0 saturated heterocycles. The monoisotopic (exact) mass is 557 g/mol. The summed E-state index contributed by atoms with van der Waals surface area (Å²) in [4.78, 5) is 9.78. The topological polar surface area (TPSA) is 19.4 Å². The molecule has 7 rings (SSSR count). The van der Waals surface area contributed by atoms with E-state index in [0.29, 0.717) is 0 Å². The molecule has 0 radical (unpaired) electrons. The zero-order valence-electron chi connectivity index (χ0n) is 25.1. The molecule has 1 aromatic heterocycles. The van der Waals surface area contributed by atoms with E-state index in [2.05, 4.69) is 171 Å². The predicted octanol–water partition coefficient (Wildman–Crippen LogP) is 11.3. The molecule has 0 fully saturated rings. The molecule has 0 amide bonds. The van der Waals surface area contributed by atoms with E-state index in [4.69, 9.17) is 4.98 Å². The van der Waals surface area contributed by atoms with Crippen molar-refractivity contribution in [1.29, 1.82) is 0 Å². The van der Waals surface area contributed by atoms with Gasteiger partial charge < -0.3 is 4.90 Å². The highest BCUT2D eigenvalue weighted by Crippen LogP contribution is 2.52. The van der Waals surface area contributed by atoms with Crippen LogP contribution in [-0.2, 0) is 5.41 Å². The van der Waals surface area contributed by atoms with Gasteiger partial charge in [-0.25, -0.2) is 4.98 Å². The van der Waals surface area contributed by atoms with Gasteiger partial charge in [0.25, 0.3) is 0 Å². The molecule has 6 aromatic rings. The van der Waals surface area contributed by atoms with E-state index in [-0.39, 0.29) is 5.41 Å². The summed E-state index contributed by atoms with van der Waals surface area (Å²) in [5.41, 5.74) is 12.6. The van der Waals surface area contributed by atoms with Crippen molar-refractivity contribution in [2.24, 2.45) is 0 Å². The number of nitrogens with zero attached hydrogens (tertiary/aromatic N) is 3. The maximum absolute atomic E-state index is 5.02. The van der Waals surface area contributed by atoms with Gasteiger partial charge in [-0.3, -0.25) is 4.90 Å². The number of anilines is 6. The predicted molar refractivity (Wildman–Crippen MR) is 181 cm³/mol. The Morgan fingerprint density at radius 1 is 0.488 bits per heavy atom. The van der Waals surface area contributed by atoms with Crippen molar-refractivity contribution in [3.05, 3.63) is 151 Å². The van der Waals surface area contributed by atoms with Gasteiger partial charge in [0, 0.05) is 34.1 Å². The number of benzene rings is 5. The normalized spacial score (nSPS) is 12.6. The first-order chi connectivity index (χ1) is 20.9. The third-order valence-corrected chi connectivity index (χ3v) is 8.26. The Bertz CT molecular complexity index is 1930. The molecule has 210 valence electrons. The maximum atomic E-state index is 5.02. The van der Waals surface area contributed by atoms with E-state index in [1.165, 1.54) is 11.1 Å². The summed E-state index contributed by atoms with van der Waals surface area (Å²) in [7, 11) is 0. The molecular formula is C40H35N3. The van der Waals surface area contributed by atoms with Crippen molar-refractivity contribution in [2.75, 3.05) is 9.80 Å². The standard InChI is InChI=1S/C40H35N3/c1-28-22-23-34-33-18-9-12-20-36(33)42(30-14-6-5-7-15-30)35-19-11-8-16-31(35)32-17-10-13-21-37(32)43(38(34)26-28)39-27-29(24-25-41-39)40(2,3)4/h5-27H,1-4H3. The van der Waals surface area contributed by atoms with E-state index < -0.39 is 0 Å². The number of hydrogen-bond acceptors (Lipinski definition) is 3. The fourth-order valence-electron chi connectivity index (χ4n) is 6.11. The third kappa shape index (κ3) is 4.77. The lowest BCUT2D eigenvalue weighted by molar-refractivity contribution is 0.589. The second-order valence-electron chi connectivity index (χ2n) is 12.2. The molecule has 0 unspecified atom stereocenters. The van der Waals surface area contributed by atoms with Crippen LogP contribution in [0.3, 0.4) is 0 Å². The van der Waals surface area contributed by atoms with E-state index in [0.717, 1.165) is 56.5 Å². The Morgan fingerprint density at radius 3 is 1.58 bits per heavy atom. The van der Waals surface area contributed by atoms with Crippen LogP contribution in [0, 0.1) is 6.92 Å². The van der Waals surface area contributed by atoms with Crippen molar-refractivity contribution in [2.45, 2.75) is 33.1 Å². The highest BCUT2D eigenvalue weighted by Gasteiger charge is 2.28. The number of aryl methyl sites for hydroxylation is 1. The molecule has 1 aliphatic heterocycles. The van der Waals surface area contributed by atoms with Gasteiger partial charge in [-0.05, 0) is 72.0 Å². The van der Waals surface area contributed by atoms with E-state index in [1.54, 1.807) is 0 Å². The highest BCUT2D eigenvalue weighted by molar-refractivity contribution is 6.02. The number of pyridine rings is 1. The molecule has 1 aliphatic rings. The lowest BCUT2D eigenvalue weighted by atomic mass is 9.87. The van der Waals surface area contributed by atoms with Crippen LogP contribution >= 0.6 is 0 Å². The molecular weight excluding hydrogens is 522 g/mol. The van der Waals surface area contributed by atoms with Crippen molar-refractivity contribution in [3.63, 3.8) is 0 Å². The second-order valence-corrected chi connectivity index (χ2v) is 12.2. The van der Waals surface area contributed by atoms with Gasteiger partial charge in [-0.2, -0.15) is 0 Å². The zero-order valence-corrected chi connectivity index (χ0v) is 25.1. The van der Waals surface area contributed by atoms with Gasteiger partial charge in [0.1, 0.15) is 5.82 Å². The largest absolute Gasteiger partial charge is 0.309 e. The lowest BCUT2D eigenvalue weighted by Crippen LogP contribution is -2.19. The summed E-state index contributed by atoms with van der Waals surface area (Å²) >= 11 is 0. The van der Waals surface area contributed by atoms with Crippen LogP contribution in [0.5, 0.6) is 0 Å². The number of fused-ring (bicyclic) bond motifs is 6. The van der Waals surface area contributed by atoms with Gasteiger partial charge in [0.15, 0.2) is 0 Å². The Labute approximate surface area is 254 Å². The number of aromatic nitrogens is 1. The summed E-state index contributed by atoms with van der Waals surface area (Å²) in [6.07, 6.45) is 1.95. The maximum Gasteiger partial charge on any atom is 0.137 e. The van der Waals surface area contributed by atoms with Gasteiger partial charge in [0.05, 0.1) is 22.7 Å². The van der Waals surface area contributed by atoms with E-state index in [1.807, 2.05) is 6.20 Å². The van der Waals surface area contributed by atoms with Gasteiger partial charge in [0.2, 0.25) is 0 Å². The van der Waals surface area contributed by atoms with Crippen LogP contribution in [0.15, 0.2) is 140 Å². The van der Waals surface area contributed by atoms with Crippen LogP contribution < -0.4 is 9.80 Å². The van der Waals surface area contributed by atoms with Crippen molar-refractivity contribution >= 4 is 34.3 Å². The van der Waals surface area contributed by atoms with Gasteiger partial charge >= 0.3 is 0 Å². The summed E-state index contributed by atoms with van der Waals surface area (Å²) in [6.45, 7) is 8.93. The minimum atomic E-state index is -0.0147. The Morgan fingerprint density at radius 2 is 1.00 bits per heavy atom. The molecule has 0 spiro atoms. The molecule has 0 atom stereocenters. The summed E-state index contributed by atoms with van der Waals surface area (Å²) in [6, 6.07) is 48.1.